The van der Waals surface area contributed by atoms with Gasteiger partial charge >= 0.3 is 0 Å². The van der Waals surface area contributed by atoms with Gasteiger partial charge in [0.2, 0.25) is 0 Å². The van der Waals surface area contributed by atoms with E-state index in [1.807, 2.05) is 72.8 Å². The monoisotopic (exact) mass is 428 g/mol. The third-order valence-electron chi connectivity index (χ3n) is 5.04. The fraction of sp³-hybridized carbons (Fsp3) is 0.0400. The van der Waals surface area contributed by atoms with Crippen LogP contribution in [0.3, 0.4) is 0 Å². The zero-order valence-electron chi connectivity index (χ0n) is 16.3. The molecular formula is C25H17ClN2O3. The largest absolute Gasteiger partial charge is 0.457 e. The fourth-order valence-corrected chi connectivity index (χ4v) is 3.83. The van der Waals surface area contributed by atoms with Gasteiger partial charge in [0, 0.05) is 21.7 Å². The molecule has 1 aliphatic heterocycles. The van der Waals surface area contributed by atoms with E-state index in [0.717, 1.165) is 16.7 Å². The van der Waals surface area contributed by atoms with E-state index >= 15 is 0 Å². The molecule has 0 unspecified atom stereocenters. The Morgan fingerprint density at radius 3 is 2.32 bits per heavy atom. The number of amides is 1. The number of ether oxygens (including phenoxy) is 1. The van der Waals surface area contributed by atoms with Crippen LogP contribution in [0.5, 0.6) is 11.5 Å². The molecule has 1 amide bonds. The number of carbonyl (C=O) groups excluding carboxylic acids is 1. The molecule has 0 fully saturated rings. The lowest BCUT2D eigenvalue weighted by molar-refractivity contribution is -0.121. The van der Waals surface area contributed by atoms with E-state index in [-0.39, 0.29) is 5.91 Å². The predicted octanol–water partition coefficient (Wildman–Crippen LogP) is 5.99. The number of rotatable bonds is 4. The standard InChI is InChI=1S/C25H17ClN2O3/c26-17-7-5-6-16(14-17)21-13-12-18(30-21)15-27-28-25(29)24-19-8-1-3-10-22(19)31-23-11-4-2-9-20(23)24/h1-15,24H,(H,28,29)/b27-15-. The highest BCUT2D eigenvalue weighted by Crippen LogP contribution is 2.43. The summed E-state index contributed by atoms with van der Waals surface area (Å²) in [5, 5.41) is 4.73. The number of furan rings is 1. The lowest BCUT2D eigenvalue weighted by atomic mass is 9.87. The molecule has 0 radical (unpaired) electrons. The SMILES string of the molecule is O=C(N/N=C\c1ccc(-c2cccc(Cl)c2)o1)C1c2ccccc2Oc2ccccc21. The Balaban J connectivity index is 1.35. The molecule has 0 spiro atoms. The number of hydrogen-bond donors (Lipinski definition) is 1. The molecule has 5 rings (SSSR count). The Morgan fingerprint density at radius 2 is 1.61 bits per heavy atom. The molecule has 0 saturated heterocycles. The second-order valence-corrected chi connectivity index (χ2v) is 7.49. The summed E-state index contributed by atoms with van der Waals surface area (Å²) < 4.78 is 11.7. The van der Waals surface area contributed by atoms with E-state index in [9.17, 15) is 4.79 Å². The Hall–Kier alpha value is -3.83. The van der Waals surface area contributed by atoms with Gasteiger partial charge < -0.3 is 9.15 Å². The van der Waals surface area contributed by atoms with Crippen molar-refractivity contribution in [1.82, 2.24) is 5.43 Å². The molecule has 1 aromatic heterocycles. The molecule has 2 heterocycles. The van der Waals surface area contributed by atoms with Gasteiger partial charge in [0.15, 0.2) is 0 Å². The zero-order chi connectivity index (χ0) is 21.2. The first-order valence-corrected chi connectivity index (χ1v) is 10.1. The molecule has 0 aliphatic carbocycles. The van der Waals surface area contributed by atoms with Gasteiger partial charge in [0.05, 0.1) is 12.1 Å². The Bertz CT molecular complexity index is 1250. The molecule has 0 bridgehead atoms. The minimum Gasteiger partial charge on any atom is -0.457 e. The number of fused-ring (bicyclic) bond motifs is 2. The van der Waals surface area contributed by atoms with Gasteiger partial charge in [-0.05, 0) is 36.4 Å². The van der Waals surface area contributed by atoms with Crippen molar-refractivity contribution in [3.8, 4) is 22.8 Å². The third-order valence-corrected chi connectivity index (χ3v) is 5.28. The van der Waals surface area contributed by atoms with Crippen molar-refractivity contribution in [3.05, 3.63) is 107 Å². The smallest absolute Gasteiger partial charge is 0.252 e. The van der Waals surface area contributed by atoms with Gasteiger partial charge in [0.25, 0.3) is 5.91 Å². The van der Waals surface area contributed by atoms with E-state index in [1.54, 1.807) is 12.1 Å². The summed E-state index contributed by atoms with van der Waals surface area (Å²) in [4.78, 5) is 13.1. The van der Waals surface area contributed by atoms with E-state index in [2.05, 4.69) is 10.5 Å². The van der Waals surface area contributed by atoms with Gasteiger partial charge in [0.1, 0.15) is 23.0 Å². The molecule has 5 nitrogen and oxygen atoms in total. The van der Waals surface area contributed by atoms with Crippen LogP contribution in [0, 0.1) is 0 Å². The van der Waals surface area contributed by atoms with Gasteiger partial charge in [-0.15, -0.1) is 0 Å². The number of nitrogens with zero attached hydrogens (tertiary/aromatic N) is 1. The number of para-hydroxylation sites is 2. The molecule has 1 aliphatic rings. The number of hydrogen-bond acceptors (Lipinski definition) is 4. The van der Waals surface area contributed by atoms with Crippen LogP contribution in [-0.2, 0) is 4.79 Å². The van der Waals surface area contributed by atoms with Crippen LogP contribution in [0.4, 0.5) is 0 Å². The summed E-state index contributed by atoms with van der Waals surface area (Å²) in [6.45, 7) is 0. The van der Waals surface area contributed by atoms with Crippen molar-refractivity contribution in [3.63, 3.8) is 0 Å². The second-order valence-electron chi connectivity index (χ2n) is 7.06. The highest BCUT2D eigenvalue weighted by atomic mass is 35.5. The number of benzene rings is 3. The van der Waals surface area contributed by atoms with Crippen molar-refractivity contribution in [2.75, 3.05) is 0 Å². The molecule has 152 valence electrons. The van der Waals surface area contributed by atoms with Crippen LogP contribution < -0.4 is 10.2 Å². The quantitative estimate of drug-likeness (QED) is 0.321. The normalized spacial score (nSPS) is 12.8. The van der Waals surface area contributed by atoms with Crippen LogP contribution in [0.25, 0.3) is 11.3 Å². The number of hydrazone groups is 1. The predicted molar refractivity (Wildman–Crippen MR) is 120 cm³/mol. The van der Waals surface area contributed by atoms with E-state index in [0.29, 0.717) is 28.0 Å². The second kappa shape index (κ2) is 8.13. The maximum absolute atomic E-state index is 13.1. The molecule has 31 heavy (non-hydrogen) atoms. The maximum Gasteiger partial charge on any atom is 0.252 e. The first-order valence-electron chi connectivity index (χ1n) is 9.73. The summed E-state index contributed by atoms with van der Waals surface area (Å²) in [5.41, 5.74) is 5.10. The summed E-state index contributed by atoms with van der Waals surface area (Å²) in [6.07, 6.45) is 1.48. The molecule has 6 heteroatoms. The van der Waals surface area contributed by atoms with Crippen LogP contribution in [0.1, 0.15) is 22.8 Å². The van der Waals surface area contributed by atoms with Crippen LogP contribution in [0.15, 0.2) is 94.4 Å². The van der Waals surface area contributed by atoms with Crippen LogP contribution >= 0.6 is 11.6 Å². The lowest BCUT2D eigenvalue weighted by Gasteiger charge is -2.26. The summed E-state index contributed by atoms with van der Waals surface area (Å²) in [7, 11) is 0. The van der Waals surface area contributed by atoms with Crippen LogP contribution in [-0.4, -0.2) is 12.1 Å². The van der Waals surface area contributed by atoms with Gasteiger partial charge in [-0.1, -0.05) is 60.1 Å². The molecular weight excluding hydrogens is 412 g/mol. The lowest BCUT2D eigenvalue weighted by Crippen LogP contribution is -2.28. The first-order chi connectivity index (χ1) is 15.2. The maximum atomic E-state index is 13.1. The minimum atomic E-state index is -0.517. The summed E-state index contributed by atoms with van der Waals surface area (Å²) in [5.74, 6) is 1.76. The van der Waals surface area contributed by atoms with Crippen molar-refractivity contribution in [2.24, 2.45) is 5.10 Å². The van der Waals surface area contributed by atoms with Crippen molar-refractivity contribution in [1.29, 1.82) is 0 Å². The van der Waals surface area contributed by atoms with E-state index < -0.39 is 5.92 Å². The summed E-state index contributed by atoms with van der Waals surface area (Å²) >= 11 is 6.04. The topological polar surface area (TPSA) is 63.8 Å². The van der Waals surface area contributed by atoms with E-state index in [1.165, 1.54) is 6.21 Å². The molecule has 1 N–H and O–H groups in total. The highest BCUT2D eigenvalue weighted by molar-refractivity contribution is 6.30. The Morgan fingerprint density at radius 1 is 0.903 bits per heavy atom. The summed E-state index contributed by atoms with van der Waals surface area (Å²) in [6, 6.07) is 26.1. The Kier molecular flexibility index (Phi) is 5.02. The molecule has 3 aromatic carbocycles. The van der Waals surface area contributed by atoms with Gasteiger partial charge in [-0.3, -0.25) is 4.79 Å². The van der Waals surface area contributed by atoms with Crippen molar-refractivity contribution in [2.45, 2.75) is 5.92 Å². The molecule has 4 aromatic rings. The van der Waals surface area contributed by atoms with Crippen molar-refractivity contribution < 1.29 is 13.9 Å². The molecule has 0 saturated carbocycles. The average molecular weight is 429 g/mol. The van der Waals surface area contributed by atoms with Crippen molar-refractivity contribution >= 4 is 23.7 Å². The van der Waals surface area contributed by atoms with Gasteiger partial charge in [-0.2, -0.15) is 5.10 Å². The third kappa shape index (κ3) is 3.83. The average Bonchev–Trinajstić information content (AvgIpc) is 3.26. The molecule has 0 atom stereocenters. The fourth-order valence-electron chi connectivity index (χ4n) is 3.64. The number of halogens is 1. The minimum absolute atomic E-state index is 0.249. The highest BCUT2D eigenvalue weighted by Gasteiger charge is 2.32. The number of carbonyl (C=O) groups is 1. The first kappa shape index (κ1) is 19.2. The Labute approximate surface area is 183 Å². The van der Waals surface area contributed by atoms with Crippen LogP contribution in [0.2, 0.25) is 5.02 Å². The van der Waals surface area contributed by atoms with Gasteiger partial charge in [-0.25, -0.2) is 5.43 Å². The van der Waals surface area contributed by atoms with E-state index in [4.69, 9.17) is 20.8 Å². The zero-order valence-corrected chi connectivity index (χ0v) is 17.0. The number of nitrogens with one attached hydrogen (secondary N) is 1.